The second kappa shape index (κ2) is 11.7. The van der Waals surface area contributed by atoms with Gasteiger partial charge in [-0.05, 0) is 60.4 Å². The summed E-state index contributed by atoms with van der Waals surface area (Å²) in [4.78, 5) is 44.4. The Balaban J connectivity index is 1.77. The summed E-state index contributed by atoms with van der Waals surface area (Å²) in [5.41, 5.74) is 1.56. The molecule has 38 heavy (non-hydrogen) atoms. The standard InChI is InChI=1S/C30H30N2O6/c1-4-15-37-30(36)20-10-12-23(13-11-20)32-26(22-8-6-14-31-17-22)25(28(34)29(32)35)27(33)21-7-5-9-24(16-21)38-18-19(2)3/h5-14,16-17,19,26,33H,4,15,18H2,1-3H3/b27-25+. The number of aliphatic hydroxyl groups is 1. The van der Waals surface area contributed by atoms with E-state index in [9.17, 15) is 19.5 Å². The summed E-state index contributed by atoms with van der Waals surface area (Å²) in [6.07, 6.45) is 3.84. The van der Waals surface area contributed by atoms with Crippen LogP contribution in [0.4, 0.5) is 5.69 Å². The number of esters is 1. The van der Waals surface area contributed by atoms with Crippen molar-refractivity contribution in [3.63, 3.8) is 0 Å². The number of carbonyl (C=O) groups excluding carboxylic acids is 3. The number of hydrogen-bond acceptors (Lipinski definition) is 7. The molecule has 1 aliphatic heterocycles. The van der Waals surface area contributed by atoms with E-state index < -0.39 is 23.7 Å². The second-order valence-electron chi connectivity index (χ2n) is 9.37. The van der Waals surface area contributed by atoms with Crippen LogP contribution in [0.5, 0.6) is 5.75 Å². The average Bonchev–Trinajstić information content (AvgIpc) is 3.20. The van der Waals surface area contributed by atoms with Crippen LogP contribution in [0.2, 0.25) is 0 Å². The number of aromatic nitrogens is 1. The van der Waals surface area contributed by atoms with Gasteiger partial charge < -0.3 is 14.6 Å². The van der Waals surface area contributed by atoms with Gasteiger partial charge in [0.1, 0.15) is 11.5 Å². The topological polar surface area (TPSA) is 106 Å². The molecule has 2 heterocycles. The maximum Gasteiger partial charge on any atom is 0.338 e. The number of benzene rings is 2. The average molecular weight is 515 g/mol. The Morgan fingerprint density at radius 3 is 2.47 bits per heavy atom. The minimum absolute atomic E-state index is 0.0598. The zero-order chi connectivity index (χ0) is 27.2. The van der Waals surface area contributed by atoms with Gasteiger partial charge in [-0.25, -0.2) is 4.79 Å². The van der Waals surface area contributed by atoms with Crippen LogP contribution < -0.4 is 9.64 Å². The van der Waals surface area contributed by atoms with Crippen molar-refractivity contribution in [2.45, 2.75) is 33.2 Å². The molecule has 1 amide bonds. The fourth-order valence-corrected chi connectivity index (χ4v) is 4.14. The lowest BCUT2D eigenvalue weighted by molar-refractivity contribution is -0.132. The molecule has 0 aliphatic carbocycles. The van der Waals surface area contributed by atoms with Gasteiger partial charge in [0, 0.05) is 23.6 Å². The Morgan fingerprint density at radius 2 is 1.82 bits per heavy atom. The molecule has 1 aliphatic rings. The number of Topliss-reactive ketones (excluding diaryl/α,β-unsaturated/α-hetero) is 1. The number of aliphatic hydroxyl groups excluding tert-OH is 1. The minimum Gasteiger partial charge on any atom is -0.507 e. The largest absolute Gasteiger partial charge is 0.507 e. The fraction of sp³-hybridized carbons (Fsp3) is 0.267. The highest BCUT2D eigenvalue weighted by molar-refractivity contribution is 6.51. The number of ketones is 1. The zero-order valence-corrected chi connectivity index (χ0v) is 21.6. The molecule has 0 saturated carbocycles. The second-order valence-corrected chi connectivity index (χ2v) is 9.37. The number of amides is 1. The maximum absolute atomic E-state index is 13.3. The Labute approximate surface area is 221 Å². The van der Waals surface area contributed by atoms with Crippen molar-refractivity contribution in [3.8, 4) is 5.75 Å². The number of carbonyl (C=O) groups is 3. The summed E-state index contributed by atoms with van der Waals surface area (Å²) < 4.78 is 11.0. The number of nitrogens with zero attached hydrogens (tertiary/aromatic N) is 2. The molecular formula is C30H30N2O6. The van der Waals surface area contributed by atoms with Gasteiger partial charge in [0.2, 0.25) is 0 Å². The van der Waals surface area contributed by atoms with Crippen LogP contribution in [0, 0.1) is 5.92 Å². The van der Waals surface area contributed by atoms with Crippen LogP contribution >= 0.6 is 0 Å². The minimum atomic E-state index is -0.929. The van der Waals surface area contributed by atoms with Crippen molar-refractivity contribution in [2.24, 2.45) is 5.92 Å². The first kappa shape index (κ1) is 26.6. The van der Waals surface area contributed by atoms with E-state index in [4.69, 9.17) is 9.47 Å². The fourth-order valence-electron chi connectivity index (χ4n) is 4.14. The first-order valence-electron chi connectivity index (χ1n) is 12.5. The van der Waals surface area contributed by atoms with Gasteiger partial charge in [-0.15, -0.1) is 0 Å². The lowest BCUT2D eigenvalue weighted by atomic mass is 9.96. The molecule has 3 aromatic rings. The quantitative estimate of drug-likeness (QED) is 0.179. The van der Waals surface area contributed by atoms with E-state index in [0.717, 1.165) is 0 Å². The number of pyridine rings is 1. The third-order valence-electron chi connectivity index (χ3n) is 5.95. The lowest BCUT2D eigenvalue weighted by Gasteiger charge is -2.25. The molecule has 1 N–H and O–H groups in total. The first-order chi connectivity index (χ1) is 18.3. The molecule has 1 unspecified atom stereocenters. The molecule has 196 valence electrons. The number of hydrogen-bond donors (Lipinski definition) is 1. The van der Waals surface area contributed by atoms with Crippen molar-refractivity contribution < 1.29 is 29.0 Å². The van der Waals surface area contributed by atoms with Crippen molar-refractivity contribution >= 4 is 29.1 Å². The highest BCUT2D eigenvalue weighted by Crippen LogP contribution is 2.42. The molecule has 8 heteroatoms. The maximum atomic E-state index is 13.3. The first-order valence-corrected chi connectivity index (χ1v) is 12.5. The van der Waals surface area contributed by atoms with Crippen LogP contribution in [0.15, 0.2) is 78.6 Å². The van der Waals surface area contributed by atoms with Crippen molar-refractivity contribution in [1.82, 2.24) is 4.98 Å². The normalized spacial score (nSPS) is 16.6. The molecule has 2 aromatic carbocycles. The van der Waals surface area contributed by atoms with E-state index in [2.05, 4.69) is 4.98 Å². The number of ether oxygens (including phenoxy) is 2. The monoisotopic (exact) mass is 514 g/mol. The van der Waals surface area contributed by atoms with Crippen molar-refractivity contribution in [1.29, 1.82) is 0 Å². The van der Waals surface area contributed by atoms with E-state index in [-0.39, 0.29) is 11.3 Å². The summed E-state index contributed by atoms with van der Waals surface area (Å²) in [7, 11) is 0. The number of rotatable bonds is 9. The molecule has 1 saturated heterocycles. The van der Waals surface area contributed by atoms with Gasteiger partial charge in [-0.2, -0.15) is 0 Å². The molecular weight excluding hydrogens is 484 g/mol. The number of anilines is 1. The summed E-state index contributed by atoms with van der Waals surface area (Å²) >= 11 is 0. The Hall–Kier alpha value is -4.46. The summed E-state index contributed by atoms with van der Waals surface area (Å²) in [6, 6.07) is 15.5. The molecule has 1 atom stereocenters. The van der Waals surface area contributed by atoms with Gasteiger partial charge in [-0.3, -0.25) is 19.5 Å². The van der Waals surface area contributed by atoms with Gasteiger partial charge in [0.15, 0.2) is 0 Å². The highest BCUT2D eigenvalue weighted by atomic mass is 16.5. The molecule has 8 nitrogen and oxygen atoms in total. The van der Waals surface area contributed by atoms with E-state index in [1.54, 1.807) is 73.1 Å². The van der Waals surface area contributed by atoms with Crippen molar-refractivity contribution in [3.05, 3.63) is 95.3 Å². The van der Waals surface area contributed by atoms with Gasteiger partial charge in [0.05, 0.1) is 30.4 Å². The van der Waals surface area contributed by atoms with E-state index >= 15 is 0 Å². The molecule has 0 spiro atoms. The molecule has 1 aromatic heterocycles. The summed E-state index contributed by atoms with van der Waals surface area (Å²) in [5, 5.41) is 11.3. The van der Waals surface area contributed by atoms with Crippen LogP contribution in [0.25, 0.3) is 5.76 Å². The smallest absolute Gasteiger partial charge is 0.338 e. The van der Waals surface area contributed by atoms with Gasteiger partial charge >= 0.3 is 5.97 Å². The summed E-state index contributed by atoms with van der Waals surface area (Å²) in [6.45, 7) is 6.76. The predicted octanol–water partition coefficient (Wildman–Crippen LogP) is 5.31. The molecule has 0 bridgehead atoms. The Kier molecular flexibility index (Phi) is 8.21. The molecule has 1 fully saturated rings. The van der Waals surface area contributed by atoms with E-state index in [0.29, 0.717) is 53.7 Å². The third kappa shape index (κ3) is 5.59. The van der Waals surface area contributed by atoms with Gasteiger partial charge in [-0.1, -0.05) is 39.0 Å². The van der Waals surface area contributed by atoms with E-state index in [1.807, 2.05) is 20.8 Å². The van der Waals surface area contributed by atoms with Gasteiger partial charge in [0.25, 0.3) is 11.7 Å². The van der Waals surface area contributed by atoms with Crippen LogP contribution in [0.1, 0.15) is 54.7 Å². The molecule has 4 rings (SSSR count). The van der Waals surface area contributed by atoms with Crippen LogP contribution in [0.3, 0.4) is 0 Å². The lowest BCUT2D eigenvalue weighted by Crippen LogP contribution is -2.29. The predicted molar refractivity (Wildman–Crippen MR) is 143 cm³/mol. The third-order valence-corrected chi connectivity index (χ3v) is 5.95. The van der Waals surface area contributed by atoms with Crippen LogP contribution in [-0.2, 0) is 14.3 Å². The Bertz CT molecular complexity index is 1350. The van der Waals surface area contributed by atoms with E-state index in [1.165, 1.54) is 4.90 Å². The summed E-state index contributed by atoms with van der Waals surface area (Å²) in [5.74, 6) is -1.55. The van der Waals surface area contributed by atoms with Crippen LogP contribution in [-0.4, -0.2) is 41.0 Å². The molecule has 0 radical (unpaired) electrons. The SMILES string of the molecule is CCCOC(=O)c1ccc(N2C(=O)C(=O)/C(=C(/O)c3cccc(OCC(C)C)c3)C2c2cccnc2)cc1. The van der Waals surface area contributed by atoms with Crippen molar-refractivity contribution in [2.75, 3.05) is 18.1 Å². The highest BCUT2D eigenvalue weighted by Gasteiger charge is 2.47. The Morgan fingerprint density at radius 1 is 1.05 bits per heavy atom. The zero-order valence-electron chi connectivity index (χ0n) is 21.6.